The number of hydrogen-bond donors (Lipinski definition) is 1. The van der Waals surface area contributed by atoms with Gasteiger partial charge >= 0.3 is 0 Å². The molecule has 0 bridgehead atoms. The number of carbonyl (C=O) groups is 1. The smallest absolute Gasteiger partial charge is 0.151 e. The highest BCUT2D eigenvalue weighted by atomic mass is 16.1. The number of carbonyl (C=O) groups excluding carboxylic acids is 1. The number of nitrogens with one attached hydrogen (secondary N) is 1. The van der Waals surface area contributed by atoms with Crippen molar-refractivity contribution in [3.8, 4) is 0 Å². The average molecular weight is 180 g/mol. The van der Waals surface area contributed by atoms with Crippen LogP contribution in [0.2, 0.25) is 0 Å². The molecule has 1 heterocycles. The molecule has 0 aliphatic rings. The Bertz CT molecular complexity index is 266. The second-order valence-corrected chi connectivity index (χ2v) is 3.48. The third-order valence-corrected chi connectivity index (χ3v) is 1.95. The highest BCUT2D eigenvalue weighted by molar-refractivity contribution is 5.74. The maximum Gasteiger partial charge on any atom is 0.151 e. The molecule has 0 aliphatic heterocycles. The molecule has 1 N–H and O–H groups in total. The highest BCUT2D eigenvalue weighted by Gasteiger charge is 1.98. The zero-order chi connectivity index (χ0) is 9.68. The minimum atomic E-state index is 0.736. The first-order valence-corrected chi connectivity index (χ1v) is 4.49. The first-order valence-electron chi connectivity index (χ1n) is 4.49. The predicted octanol–water partition coefficient (Wildman–Crippen LogP) is 1.32. The molecule has 3 heteroatoms. The SMILES string of the molecule is CN(C)CCCc1cc(C=O)c[nH]1. The van der Waals surface area contributed by atoms with Gasteiger partial charge in [0.25, 0.3) is 0 Å². The minimum Gasteiger partial charge on any atom is -0.364 e. The zero-order valence-electron chi connectivity index (χ0n) is 8.21. The predicted molar refractivity (Wildman–Crippen MR) is 53.1 cm³/mol. The number of aryl methyl sites for hydroxylation is 1. The van der Waals surface area contributed by atoms with Gasteiger partial charge in [-0.05, 0) is 39.5 Å². The largest absolute Gasteiger partial charge is 0.364 e. The van der Waals surface area contributed by atoms with Gasteiger partial charge in [-0.15, -0.1) is 0 Å². The number of aromatic nitrogens is 1. The monoisotopic (exact) mass is 180 g/mol. The molecule has 0 fully saturated rings. The quantitative estimate of drug-likeness (QED) is 0.694. The van der Waals surface area contributed by atoms with E-state index in [0.29, 0.717) is 0 Å². The van der Waals surface area contributed by atoms with Crippen LogP contribution in [0.25, 0.3) is 0 Å². The topological polar surface area (TPSA) is 36.1 Å². The molecule has 1 aromatic rings. The summed E-state index contributed by atoms with van der Waals surface area (Å²) in [6, 6.07) is 1.91. The fourth-order valence-electron chi connectivity index (χ4n) is 1.26. The molecular weight excluding hydrogens is 164 g/mol. The third kappa shape index (κ3) is 3.42. The van der Waals surface area contributed by atoms with Gasteiger partial charge in [-0.2, -0.15) is 0 Å². The van der Waals surface area contributed by atoms with Crippen molar-refractivity contribution >= 4 is 6.29 Å². The van der Waals surface area contributed by atoms with Crippen LogP contribution in [0.1, 0.15) is 22.5 Å². The molecule has 0 radical (unpaired) electrons. The van der Waals surface area contributed by atoms with Crippen molar-refractivity contribution in [3.05, 3.63) is 23.5 Å². The molecule has 0 unspecified atom stereocenters. The van der Waals surface area contributed by atoms with Crippen LogP contribution in [0.15, 0.2) is 12.3 Å². The number of aldehydes is 1. The Labute approximate surface area is 78.8 Å². The lowest BCUT2D eigenvalue weighted by atomic mass is 10.2. The van der Waals surface area contributed by atoms with Crippen molar-refractivity contribution in [1.82, 2.24) is 9.88 Å². The normalized spacial score (nSPS) is 10.7. The van der Waals surface area contributed by atoms with E-state index in [1.165, 1.54) is 0 Å². The van der Waals surface area contributed by atoms with Gasteiger partial charge in [-0.3, -0.25) is 4.79 Å². The maximum absolute atomic E-state index is 10.4. The van der Waals surface area contributed by atoms with Crippen LogP contribution in [0.3, 0.4) is 0 Å². The number of aromatic amines is 1. The van der Waals surface area contributed by atoms with Gasteiger partial charge in [0.2, 0.25) is 0 Å². The molecule has 1 aromatic heterocycles. The van der Waals surface area contributed by atoms with Crippen LogP contribution < -0.4 is 0 Å². The summed E-state index contributed by atoms with van der Waals surface area (Å²) >= 11 is 0. The van der Waals surface area contributed by atoms with Crippen LogP contribution in [0.5, 0.6) is 0 Å². The van der Waals surface area contributed by atoms with E-state index in [0.717, 1.165) is 36.9 Å². The molecule has 72 valence electrons. The Kier molecular flexibility index (Phi) is 3.71. The Morgan fingerprint density at radius 1 is 1.54 bits per heavy atom. The summed E-state index contributed by atoms with van der Waals surface area (Å²) in [5.41, 5.74) is 1.88. The zero-order valence-corrected chi connectivity index (χ0v) is 8.21. The fraction of sp³-hybridized carbons (Fsp3) is 0.500. The van der Waals surface area contributed by atoms with Crippen molar-refractivity contribution in [2.24, 2.45) is 0 Å². The second-order valence-electron chi connectivity index (χ2n) is 3.48. The summed E-state index contributed by atoms with van der Waals surface area (Å²) in [5.74, 6) is 0. The van der Waals surface area contributed by atoms with Crippen molar-refractivity contribution in [3.63, 3.8) is 0 Å². The van der Waals surface area contributed by atoms with Crippen molar-refractivity contribution in [2.45, 2.75) is 12.8 Å². The average Bonchev–Trinajstić information content (AvgIpc) is 2.52. The van der Waals surface area contributed by atoms with Crippen LogP contribution in [-0.2, 0) is 6.42 Å². The standard InChI is InChI=1S/C10H16N2O/c1-12(2)5-3-4-10-6-9(8-13)7-11-10/h6-8,11H,3-5H2,1-2H3. The Morgan fingerprint density at radius 2 is 2.31 bits per heavy atom. The van der Waals surface area contributed by atoms with E-state index < -0.39 is 0 Å². The molecule has 13 heavy (non-hydrogen) atoms. The summed E-state index contributed by atoms with van der Waals surface area (Å²) in [4.78, 5) is 15.6. The second kappa shape index (κ2) is 4.82. The van der Waals surface area contributed by atoms with E-state index in [2.05, 4.69) is 24.0 Å². The number of rotatable bonds is 5. The summed E-state index contributed by atoms with van der Waals surface area (Å²) in [5, 5.41) is 0. The molecule has 0 aromatic carbocycles. The first-order chi connectivity index (χ1) is 6.22. The number of H-pyrrole nitrogens is 1. The summed E-state index contributed by atoms with van der Waals surface area (Å²) in [6.45, 7) is 1.08. The van der Waals surface area contributed by atoms with Gasteiger partial charge < -0.3 is 9.88 Å². The Balaban J connectivity index is 2.32. The van der Waals surface area contributed by atoms with E-state index in [-0.39, 0.29) is 0 Å². The van der Waals surface area contributed by atoms with Crippen LogP contribution in [-0.4, -0.2) is 36.8 Å². The Morgan fingerprint density at radius 3 is 2.85 bits per heavy atom. The van der Waals surface area contributed by atoms with Gasteiger partial charge in [-0.1, -0.05) is 0 Å². The van der Waals surface area contributed by atoms with Crippen molar-refractivity contribution in [2.75, 3.05) is 20.6 Å². The number of hydrogen-bond acceptors (Lipinski definition) is 2. The molecular formula is C10H16N2O. The lowest BCUT2D eigenvalue weighted by Gasteiger charge is -2.07. The maximum atomic E-state index is 10.4. The molecule has 0 spiro atoms. The molecule has 0 atom stereocenters. The molecule has 1 rings (SSSR count). The van der Waals surface area contributed by atoms with E-state index in [1.54, 1.807) is 6.20 Å². The van der Waals surface area contributed by atoms with Crippen LogP contribution in [0.4, 0.5) is 0 Å². The molecule has 0 saturated carbocycles. The Hall–Kier alpha value is -1.09. The van der Waals surface area contributed by atoms with Crippen molar-refractivity contribution < 1.29 is 4.79 Å². The fourth-order valence-corrected chi connectivity index (χ4v) is 1.26. The molecule has 3 nitrogen and oxygen atoms in total. The van der Waals surface area contributed by atoms with E-state index in [1.807, 2.05) is 6.07 Å². The van der Waals surface area contributed by atoms with Gasteiger partial charge in [0, 0.05) is 17.5 Å². The van der Waals surface area contributed by atoms with E-state index in [9.17, 15) is 4.79 Å². The number of nitrogens with zero attached hydrogens (tertiary/aromatic N) is 1. The lowest BCUT2D eigenvalue weighted by Crippen LogP contribution is -2.13. The summed E-state index contributed by atoms with van der Waals surface area (Å²) in [6.07, 6.45) is 4.74. The van der Waals surface area contributed by atoms with Gasteiger partial charge in [0.1, 0.15) is 0 Å². The van der Waals surface area contributed by atoms with Gasteiger partial charge in [0.05, 0.1) is 0 Å². The minimum absolute atomic E-state index is 0.736. The van der Waals surface area contributed by atoms with Gasteiger partial charge in [0.15, 0.2) is 6.29 Å². The third-order valence-electron chi connectivity index (χ3n) is 1.95. The molecule has 0 aliphatic carbocycles. The lowest BCUT2D eigenvalue weighted by molar-refractivity contribution is 0.112. The van der Waals surface area contributed by atoms with Crippen LogP contribution >= 0.6 is 0 Å². The van der Waals surface area contributed by atoms with Crippen molar-refractivity contribution in [1.29, 1.82) is 0 Å². The highest BCUT2D eigenvalue weighted by Crippen LogP contribution is 2.03. The van der Waals surface area contributed by atoms with E-state index in [4.69, 9.17) is 0 Å². The van der Waals surface area contributed by atoms with Crippen LogP contribution in [0, 0.1) is 0 Å². The summed E-state index contributed by atoms with van der Waals surface area (Å²) < 4.78 is 0. The molecule has 0 amide bonds. The van der Waals surface area contributed by atoms with E-state index >= 15 is 0 Å². The first kappa shape index (κ1) is 9.99. The summed E-state index contributed by atoms with van der Waals surface area (Å²) in [7, 11) is 4.12. The van der Waals surface area contributed by atoms with Gasteiger partial charge in [-0.25, -0.2) is 0 Å². The molecule has 0 saturated heterocycles.